The van der Waals surface area contributed by atoms with Crippen molar-refractivity contribution in [1.82, 2.24) is 20.0 Å². The third-order valence-corrected chi connectivity index (χ3v) is 5.64. The SMILES string of the molecule is CC(C)N1CC[C@H](CNC(=O)N2CCN(Cc3ccc(F)c(F)c3)CC2)C1. The minimum absolute atomic E-state index is 0.00507. The molecule has 2 amide bonds. The highest BCUT2D eigenvalue weighted by atomic mass is 19.2. The van der Waals surface area contributed by atoms with Gasteiger partial charge < -0.3 is 15.1 Å². The van der Waals surface area contributed by atoms with Crippen LogP contribution in [-0.4, -0.2) is 72.6 Å². The lowest BCUT2D eigenvalue weighted by molar-refractivity contribution is 0.134. The predicted molar refractivity (Wildman–Crippen MR) is 101 cm³/mol. The lowest BCUT2D eigenvalue weighted by atomic mass is 10.1. The van der Waals surface area contributed by atoms with Gasteiger partial charge in [0.1, 0.15) is 0 Å². The van der Waals surface area contributed by atoms with Crippen LogP contribution in [0.4, 0.5) is 13.6 Å². The van der Waals surface area contributed by atoms with E-state index in [1.54, 1.807) is 6.07 Å². The Bertz CT molecular complexity index is 647. The Morgan fingerprint density at radius 1 is 1.15 bits per heavy atom. The Kier molecular flexibility index (Phi) is 6.65. The van der Waals surface area contributed by atoms with E-state index in [9.17, 15) is 13.6 Å². The number of carbonyl (C=O) groups is 1. The van der Waals surface area contributed by atoms with Crippen LogP contribution in [0, 0.1) is 17.6 Å². The number of amides is 2. The number of benzene rings is 1. The molecule has 2 heterocycles. The topological polar surface area (TPSA) is 38.8 Å². The summed E-state index contributed by atoms with van der Waals surface area (Å²) in [7, 11) is 0. The number of hydrogen-bond donors (Lipinski definition) is 1. The molecule has 2 aliphatic rings. The average molecular weight is 380 g/mol. The number of halogens is 2. The second kappa shape index (κ2) is 8.97. The van der Waals surface area contributed by atoms with Crippen molar-refractivity contribution in [2.24, 2.45) is 5.92 Å². The van der Waals surface area contributed by atoms with Gasteiger partial charge in [-0.25, -0.2) is 13.6 Å². The lowest BCUT2D eigenvalue weighted by Gasteiger charge is -2.35. The molecule has 1 N–H and O–H groups in total. The molecular weight excluding hydrogens is 350 g/mol. The summed E-state index contributed by atoms with van der Waals surface area (Å²) >= 11 is 0. The molecule has 0 radical (unpaired) electrons. The average Bonchev–Trinajstić information content (AvgIpc) is 3.13. The molecule has 7 heteroatoms. The third kappa shape index (κ3) is 5.39. The van der Waals surface area contributed by atoms with Crippen molar-refractivity contribution in [1.29, 1.82) is 0 Å². The van der Waals surface area contributed by atoms with Gasteiger partial charge in [-0.3, -0.25) is 4.90 Å². The first-order valence-corrected chi connectivity index (χ1v) is 9.85. The second-order valence-corrected chi connectivity index (χ2v) is 7.94. The summed E-state index contributed by atoms with van der Waals surface area (Å²) in [6.45, 7) is 10.7. The van der Waals surface area contributed by atoms with Gasteiger partial charge in [0.25, 0.3) is 0 Å². The Balaban J connectivity index is 1.38. The first kappa shape index (κ1) is 20.0. The maximum absolute atomic E-state index is 13.3. The van der Waals surface area contributed by atoms with Gasteiger partial charge in [0.15, 0.2) is 11.6 Å². The van der Waals surface area contributed by atoms with Crippen LogP contribution in [0.1, 0.15) is 25.8 Å². The molecule has 2 aliphatic heterocycles. The number of likely N-dealkylation sites (tertiary alicyclic amines) is 1. The normalized spacial score (nSPS) is 21.8. The zero-order valence-electron chi connectivity index (χ0n) is 16.3. The molecule has 0 spiro atoms. The van der Waals surface area contributed by atoms with Crippen LogP contribution in [0.3, 0.4) is 0 Å². The molecule has 0 aromatic heterocycles. The van der Waals surface area contributed by atoms with Crippen molar-refractivity contribution in [2.45, 2.75) is 32.9 Å². The summed E-state index contributed by atoms with van der Waals surface area (Å²) in [5, 5.41) is 3.08. The summed E-state index contributed by atoms with van der Waals surface area (Å²) in [5.41, 5.74) is 0.753. The van der Waals surface area contributed by atoms with Crippen molar-refractivity contribution >= 4 is 6.03 Å². The van der Waals surface area contributed by atoms with E-state index in [1.807, 2.05) is 4.90 Å². The number of nitrogens with one attached hydrogen (secondary N) is 1. The van der Waals surface area contributed by atoms with E-state index in [2.05, 4.69) is 29.0 Å². The standard InChI is InChI=1S/C20H30F2N4O/c1-15(2)26-6-5-17(14-26)12-23-20(27)25-9-7-24(8-10-25)13-16-3-4-18(21)19(22)11-16/h3-4,11,15,17H,5-10,12-14H2,1-2H3,(H,23,27)/t17-/m1/s1. The van der Waals surface area contributed by atoms with Crippen molar-refractivity contribution in [3.63, 3.8) is 0 Å². The lowest BCUT2D eigenvalue weighted by Crippen LogP contribution is -2.52. The Morgan fingerprint density at radius 3 is 2.52 bits per heavy atom. The molecule has 3 rings (SSSR count). The number of rotatable bonds is 5. The Morgan fingerprint density at radius 2 is 1.89 bits per heavy atom. The Hall–Kier alpha value is -1.73. The summed E-state index contributed by atoms with van der Waals surface area (Å²) in [6.07, 6.45) is 1.14. The second-order valence-electron chi connectivity index (χ2n) is 7.94. The van der Waals surface area contributed by atoms with Gasteiger partial charge in [0.2, 0.25) is 0 Å². The van der Waals surface area contributed by atoms with E-state index >= 15 is 0 Å². The van der Waals surface area contributed by atoms with E-state index in [0.29, 0.717) is 31.6 Å². The maximum atomic E-state index is 13.3. The van der Waals surface area contributed by atoms with Gasteiger partial charge in [0.05, 0.1) is 0 Å². The number of nitrogens with zero attached hydrogens (tertiary/aromatic N) is 3. The quantitative estimate of drug-likeness (QED) is 0.853. The molecule has 0 bridgehead atoms. The fourth-order valence-corrected chi connectivity index (χ4v) is 3.85. The van der Waals surface area contributed by atoms with Crippen LogP contribution in [0.5, 0.6) is 0 Å². The van der Waals surface area contributed by atoms with Crippen LogP contribution in [0.25, 0.3) is 0 Å². The van der Waals surface area contributed by atoms with Crippen molar-refractivity contribution in [3.05, 3.63) is 35.4 Å². The van der Waals surface area contributed by atoms with Gasteiger partial charge in [-0.1, -0.05) is 6.07 Å². The smallest absolute Gasteiger partial charge is 0.317 e. The first-order valence-electron chi connectivity index (χ1n) is 9.85. The fourth-order valence-electron chi connectivity index (χ4n) is 3.85. The molecular formula is C20H30F2N4O. The zero-order chi connectivity index (χ0) is 19.4. The van der Waals surface area contributed by atoms with Crippen LogP contribution >= 0.6 is 0 Å². The summed E-state index contributed by atoms with van der Waals surface area (Å²) in [5.74, 6) is -1.10. The highest BCUT2D eigenvalue weighted by molar-refractivity contribution is 5.74. The molecule has 0 unspecified atom stereocenters. The van der Waals surface area contributed by atoms with Crippen molar-refractivity contribution in [2.75, 3.05) is 45.8 Å². The molecule has 1 aromatic rings. The highest BCUT2D eigenvalue weighted by Gasteiger charge is 2.26. The largest absolute Gasteiger partial charge is 0.338 e. The van der Waals surface area contributed by atoms with Gasteiger partial charge >= 0.3 is 6.03 Å². The van der Waals surface area contributed by atoms with Crippen LogP contribution in [0.2, 0.25) is 0 Å². The summed E-state index contributed by atoms with van der Waals surface area (Å²) in [4.78, 5) is 18.9. The van der Waals surface area contributed by atoms with Gasteiger partial charge in [-0.15, -0.1) is 0 Å². The molecule has 1 aromatic carbocycles. The van der Waals surface area contributed by atoms with Crippen molar-refractivity contribution < 1.29 is 13.6 Å². The van der Waals surface area contributed by atoms with Crippen LogP contribution in [0.15, 0.2) is 18.2 Å². The molecule has 1 atom stereocenters. The number of carbonyl (C=O) groups excluding carboxylic acids is 1. The van der Waals surface area contributed by atoms with E-state index < -0.39 is 11.6 Å². The summed E-state index contributed by atoms with van der Waals surface area (Å²) < 4.78 is 26.3. The van der Waals surface area contributed by atoms with Crippen LogP contribution in [-0.2, 0) is 6.54 Å². The number of piperazine rings is 1. The van der Waals surface area contributed by atoms with Gasteiger partial charge in [0, 0.05) is 51.9 Å². The van der Waals surface area contributed by atoms with Gasteiger partial charge in [-0.2, -0.15) is 0 Å². The molecule has 5 nitrogen and oxygen atoms in total. The van der Waals surface area contributed by atoms with E-state index in [0.717, 1.165) is 50.8 Å². The monoisotopic (exact) mass is 380 g/mol. The van der Waals surface area contributed by atoms with E-state index in [4.69, 9.17) is 0 Å². The third-order valence-electron chi connectivity index (χ3n) is 5.64. The molecule has 150 valence electrons. The highest BCUT2D eigenvalue weighted by Crippen LogP contribution is 2.18. The van der Waals surface area contributed by atoms with Crippen molar-refractivity contribution in [3.8, 4) is 0 Å². The molecule has 2 fully saturated rings. The molecule has 0 aliphatic carbocycles. The molecule has 2 saturated heterocycles. The molecule has 0 saturated carbocycles. The molecule has 27 heavy (non-hydrogen) atoms. The zero-order valence-corrected chi connectivity index (χ0v) is 16.3. The Labute approximate surface area is 160 Å². The number of hydrogen-bond acceptors (Lipinski definition) is 3. The van der Waals surface area contributed by atoms with E-state index in [1.165, 1.54) is 6.07 Å². The van der Waals surface area contributed by atoms with Gasteiger partial charge in [-0.05, 0) is 50.4 Å². The predicted octanol–water partition coefficient (Wildman–Crippen LogP) is 2.52. The minimum Gasteiger partial charge on any atom is -0.338 e. The maximum Gasteiger partial charge on any atom is 0.317 e. The van der Waals surface area contributed by atoms with E-state index in [-0.39, 0.29) is 6.03 Å². The fraction of sp³-hybridized carbons (Fsp3) is 0.650. The summed E-state index contributed by atoms with van der Waals surface area (Å²) in [6, 6.07) is 4.59. The first-order chi connectivity index (χ1) is 12.9. The number of urea groups is 1. The minimum atomic E-state index is -0.820. The van der Waals surface area contributed by atoms with Crippen LogP contribution < -0.4 is 5.32 Å².